The summed E-state index contributed by atoms with van der Waals surface area (Å²) in [5.41, 5.74) is 0. The van der Waals surface area contributed by atoms with Gasteiger partial charge in [0.1, 0.15) is 0 Å². The van der Waals surface area contributed by atoms with E-state index in [0.717, 1.165) is 7.05 Å². The lowest BCUT2D eigenvalue weighted by atomic mass is 10.1. The third-order valence-corrected chi connectivity index (χ3v) is 3.59. The summed E-state index contributed by atoms with van der Waals surface area (Å²) in [6, 6.07) is 0. The van der Waals surface area contributed by atoms with Crippen LogP contribution >= 0.6 is 0 Å². The maximum atomic E-state index is 10.8. The van der Waals surface area contributed by atoms with Gasteiger partial charge in [0.2, 0.25) is 11.2 Å². The zero-order chi connectivity index (χ0) is 11.8. The molecule has 0 aliphatic heterocycles. The Hall–Kier alpha value is -0.290. The van der Waals surface area contributed by atoms with Crippen LogP contribution in [-0.4, -0.2) is 57.4 Å². The zero-order valence-corrected chi connectivity index (χ0v) is 8.35. The van der Waals surface area contributed by atoms with Crippen molar-refractivity contribution in [1.82, 2.24) is 5.32 Å². The number of rotatable bonds is 4. The van der Waals surface area contributed by atoms with Crippen LogP contribution in [0.25, 0.3) is 0 Å². The maximum Gasteiger partial charge on any atom is 0.289 e. The highest BCUT2D eigenvalue weighted by atomic mass is 32.2. The molecule has 9 heteroatoms. The van der Waals surface area contributed by atoms with Crippen molar-refractivity contribution in [2.24, 2.45) is 0 Å². The largest absolute Gasteiger partial charge is 0.364 e. The molecule has 0 saturated heterocycles. The average Bonchev–Trinajstić information content (AvgIpc) is 2.00. The van der Waals surface area contributed by atoms with Crippen molar-refractivity contribution in [3.05, 3.63) is 0 Å². The van der Waals surface area contributed by atoms with Crippen molar-refractivity contribution in [3.8, 4) is 0 Å². The Labute approximate surface area is 80.6 Å². The lowest BCUT2D eigenvalue weighted by Crippen LogP contribution is -2.69. The van der Waals surface area contributed by atoms with Gasteiger partial charge in [-0.05, 0) is 14.0 Å². The van der Waals surface area contributed by atoms with Crippen LogP contribution in [0.5, 0.6) is 0 Å². The van der Waals surface area contributed by atoms with E-state index in [-0.39, 0.29) is 0 Å². The first-order valence-corrected chi connectivity index (χ1v) is 4.91. The second-order valence-corrected chi connectivity index (χ2v) is 4.62. The highest BCUT2D eigenvalue weighted by molar-refractivity contribution is 7.87. The van der Waals surface area contributed by atoms with E-state index >= 15 is 0 Å². The van der Waals surface area contributed by atoms with Gasteiger partial charge in [0.25, 0.3) is 15.9 Å². The molecule has 0 spiro atoms. The van der Waals surface area contributed by atoms with Gasteiger partial charge in [-0.1, -0.05) is 0 Å². The lowest BCUT2D eigenvalue weighted by molar-refractivity contribution is -0.308. The fourth-order valence-electron chi connectivity index (χ4n) is 0.749. The van der Waals surface area contributed by atoms with Crippen LogP contribution in [0.1, 0.15) is 6.92 Å². The smallest absolute Gasteiger partial charge is 0.289 e. The highest BCUT2D eigenvalue weighted by Crippen LogP contribution is 2.26. The molecule has 14 heavy (non-hydrogen) atoms. The molecule has 8 nitrogen and oxygen atoms in total. The predicted molar refractivity (Wildman–Crippen MR) is 44.4 cm³/mol. The average molecular weight is 231 g/mol. The van der Waals surface area contributed by atoms with Crippen LogP contribution in [0.4, 0.5) is 0 Å². The van der Waals surface area contributed by atoms with Crippen LogP contribution in [0.15, 0.2) is 0 Å². The van der Waals surface area contributed by atoms with Gasteiger partial charge in [0.05, 0.1) is 0 Å². The quantitative estimate of drug-likeness (QED) is 0.219. The maximum absolute atomic E-state index is 10.8. The Morgan fingerprint density at radius 1 is 1.29 bits per heavy atom. The molecule has 1 atom stereocenters. The molecule has 86 valence electrons. The summed E-state index contributed by atoms with van der Waals surface area (Å²) >= 11 is 0. The van der Waals surface area contributed by atoms with Crippen LogP contribution in [-0.2, 0) is 10.1 Å². The molecule has 0 fully saturated rings. The summed E-state index contributed by atoms with van der Waals surface area (Å²) in [6.45, 7) is 0.682. The minimum Gasteiger partial charge on any atom is -0.364 e. The number of hydrogen-bond donors (Lipinski definition) is 6. The van der Waals surface area contributed by atoms with Crippen molar-refractivity contribution < 1.29 is 33.4 Å². The monoisotopic (exact) mass is 231 g/mol. The van der Waals surface area contributed by atoms with Crippen LogP contribution < -0.4 is 5.32 Å². The molecule has 6 N–H and O–H groups in total. The molecule has 0 bridgehead atoms. The number of nitrogens with one attached hydrogen (secondary N) is 1. The van der Waals surface area contributed by atoms with Gasteiger partial charge in [-0.3, -0.25) is 9.87 Å². The molecule has 1 unspecified atom stereocenters. The van der Waals surface area contributed by atoms with Crippen LogP contribution in [0.3, 0.4) is 0 Å². The van der Waals surface area contributed by atoms with Gasteiger partial charge in [0, 0.05) is 0 Å². The zero-order valence-electron chi connectivity index (χ0n) is 7.54. The van der Waals surface area contributed by atoms with Crippen molar-refractivity contribution in [2.45, 2.75) is 23.9 Å². The number of likely N-dealkylation sites (N-methyl/N-ethyl adjacent to an activating group) is 1. The van der Waals surface area contributed by atoms with E-state index in [1.165, 1.54) is 0 Å². The molecule has 0 aliphatic carbocycles. The van der Waals surface area contributed by atoms with E-state index < -0.39 is 27.1 Å². The Morgan fingerprint density at radius 2 is 1.64 bits per heavy atom. The SMILES string of the molecule is CNC(C)(C(O)(O)C(O)O)S(=O)(=O)O. The van der Waals surface area contributed by atoms with Gasteiger partial charge in [0.15, 0.2) is 0 Å². The summed E-state index contributed by atoms with van der Waals surface area (Å²) in [5, 5.41) is 37.2. The Bertz CT molecular complexity index is 297. The molecule has 0 aromatic heterocycles. The minimum absolute atomic E-state index is 0.682. The third-order valence-electron chi connectivity index (χ3n) is 2.06. The Morgan fingerprint density at radius 3 is 1.71 bits per heavy atom. The van der Waals surface area contributed by atoms with E-state index in [1.807, 2.05) is 5.32 Å². The normalized spacial score (nSPS) is 18.3. The first-order chi connectivity index (χ1) is 6.00. The van der Waals surface area contributed by atoms with E-state index in [4.69, 9.17) is 25.0 Å². The van der Waals surface area contributed by atoms with Gasteiger partial charge < -0.3 is 20.4 Å². The minimum atomic E-state index is -4.95. The fraction of sp³-hybridized carbons (Fsp3) is 1.00. The molecular weight excluding hydrogens is 218 g/mol. The topological polar surface area (TPSA) is 147 Å². The second kappa shape index (κ2) is 3.70. The molecule has 0 amide bonds. The van der Waals surface area contributed by atoms with Crippen LogP contribution in [0, 0.1) is 0 Å². The van der Waals surface area contributed by atoms with Gasteiger partial charge in [-0.15, -0.1) is 0 Å². The standard InChI is InChI=1S/C5H13NO7S/c1-4(6-2,14(11,12)13)5(9,10)3(7)8/h3,6-10H,1-2H3,(H,11,12,13). The van der Waals surface area contributed by atoms with Crippen molar-refractivity contribution in [1.29, 1.82) is 0 Å². The van der Waals surface area contributed by atoms with Crippen molar-refractivity contribution in [2.75, 3.05) is 7.05 Å². The summed E-state index contributed by atoms with van der Waals surface area (Å²) in [5.74, 6) is -3.45. The molecular formula is C5H13NO7S. The first kappa shape index (κ1) is 13.7. The molecule has 0 saturated carbocycles. The van der Waals surface area contributed by atoms with Gasteiger partial charge in [-0.2, -0.15) is 8.42 Å². The van der Waals surface area contributed by atoms with E-state index in [2.05, 4.69) is 0 Å². The van der Waals surface area contributed by atoms with E-state index in [9.17, 15) is 8.42 Å². The lowest BCUT2D eigenvalue weighted by Gasteiger charge is -2.38. The number of aliphatic hydroxyl groups is 4. The van der Waals surface area contributed by atoms with Gasteiger partial charge in [-0.25, -0.2) is 0 Å². The van der Waals surface area contributed by atoms with E-state index in [1.54, 1.807) is 0 Å². The fourth-order valence-corrected chi connectivity index (χ4v) is 1.49. The number of hydrogen-bond acceptors (Lipinski definition) is 7. The van der Waals surface area contributed by atoms with Gasteiger partial charge >= 0.3 is 0 Å². The molecule has 0 rings (SSSR count). The van der Waals surface area contributed by atoms with Crippen LogP contribution in [0.2, 0.25) is 0 Å². The summed E-state index contributed by atoms with van der Waals surface area (Å²) in [7, 11) is -3.95. The molecule has 0 heterocycles. The van der Waals surface area contributed by atoms with Crippen molar-refractivity contribution in [3.63, 3.8) is 0 Å². The Balaban J connectivity index is 5.49. The predicted octanol–water partition coefficient (Wildman–Crippen LogP) is -3.20. The summed E-state index contributed by atoms with van der Waals surface area (Å²) in [6.07, 6.45) is -2.76. The van der Waals surface area contributed by atoms with Crippen molar-refractivity contribution >= 4 is 10.1 Å². The molecule has 0 radical (unpaired) electrons. The Kier molecular flexibility index (Phi) is 3.62. The molecule has 0 aromatic carbocycles. The second-order valence-electron chi connectivity index (χ2n) is 2.86. The summed E-state index contributed by atoms with van der Waals surface area (Å²) in [4.78, 5) is -2.71. The first-order valence-electron chi connectivity index (χ1n) is 3.47. The molecule has 0 aromatic rings. The molecule has 0 aliphatic rings. The summed E-state index contributed by atoms with van der Waals surface area (Å²) < 4.78 is 30.3. The highest BCUT2D eigenvalue weighted by Gasteiger charge is 2.58. The third kappa shape index (κ3) is 1.88. The number of aliphatic hydroxyl groups excluding tert-OH is 1. The van der Waals surface area contributed by atoms with E-state index in [0.29, 0.717) is 6.92 Å².